The highest BCUT2D eigenvalue weighted by molar-refractivity contribution is 5.47. The third-order valence-electron chi connectivity index (χ3n) is 3.62. The van der Waals surface area contributed by atoms with Crippen molar-refractivity contribution in [1.29, 1.82) is 0 Å². The van der Waals surface area contributed by atoms with Gasteiger partial charge in [0.05, 0.1) is 0 Å². The van der Waals surface area contributed by atoms with Gasteiger partial charge in [0.2, 0.25) is 0 Å². The lowest BCUT2D eigenvalue weighted by molar-refractivity contribution is 0.391. The molecular weight excluding hydrogens is 244 g/mol. The molecule has 0 radical (unpaired) electrons. The van der Waals surface area contributed by atoms with Crippen LogP contribution in [-0.2, 0) is 0 Å². The zero-order valence-electron chi connectivity index (χ0n) is 13.9. The van der Waals surface area contributed by atoms with Gasteiger partial charge in [-0.2, -0.15) is 0 Å². The van der Waals surface area contributed by atoms with Crippen molar-refractivity contribution < 1.29 is 0 Å². The van der Waals surface area contributed by atoms with E-state index in [2.05, 4.69) is 75.2 Å². The normalized spacial score (nSPS) is 13.2. The highest BCUT2D eigenvalue weighted by atomic mass is 15.2. The Morgan fingerprint density at radius 1 is 1.10 bits per heavy atom. The van der Waals surface area contributed by atoms with Crippen molar-refractivity contribution in [2.24, 2.45) is 0 Å². The maximum Gasteiger partial charge on any atom is 0.0412 e. The molecule has 0 heterocycles. The van der Waals surface area contributed by atoms with Crippen molar-refractivity contribution in [1.82, 2.24) is 5.32 Å². The Kier molecular flexibility index (Phi) is 7.08. The minimum absolute atomic E-state index is 0.181. The van der Waals surface area contributed by atoms with E-state index in [0.29, 0.717) is 6.04 Å². The van der Waals surface area contributed by atoms with E-state index in [1.807, 2.05) is 0 Å². The van der Waals surface area contributed by atoms with Crippen molar-refractivity contribution in [3.8, 4) is 0 Å². The van der Waals surface area contributed by atoms with Gasteiger partial charge in [0, 0.05) is 30.4 Å². The highest BCUT2D eigenvalue weighted by Gasteiger charge is 2.19. The number of nitrogens with one attached hydrogen (secondary N) is 1. The summed E-state index contributed by atoms with van der Waals surface area (Å²) in [7, 11) is 0. The van der Waals surface area contributed by atoms with Gasteiger partial charge in [-0.15, -0.1) is 0 Å². The molecule has 1 aromatic carbocycles. The zero-order chi connectivity index (χ0) is 15.0. The molecule has 2 nitrogen and oxygen atoms in total. The smallest absolute Gasteiger partial charge is 0.0412 e. The van der Waals surface area contributed by atoms with E-state index in [9.17, 15) is 0 Å². The van der Waals surface area contributed by atoms with Gasteiger partial charge in [-0.1, -0.05) is 38.5 Å². The maximum atomic E-state index is 3.66. The number of rotatable bonds is 8. The molecule has 0 aliphatic carbocycles. The molecule has 0 fully saturated rings. The molecule has 1 rings (SSSR count). The number of para-hydroxylation sites is 1. The van der Waals surface area contributed by atoms with Crippen LogP contribution in [0.3, 0.4) is 0 Å². The van der Waals surface area contributed by atoms with Gasteiger partial charge in [0.25, 0.3) is 0 Å². The van der Waals surface area contributed by atoms with Gasteiger partial charge in [-0.25, -0.2) is 0 Å². The van der Waals surface area contributed by atoms with Crippen molar-refractivity contribution in [3.05, 3.63) is 30.3 Å². The molecule has 0 saturated heterocycles. The molecule has 114 valence electrons. The molecular formula is C18H32N2. The molecule has 1 N–H and O–H groups in total. The average Bonchev–Trinajstić information content (AvgIpc) is 2.42. The first-order valence-corrected chi connectivity index (χ1v) is 8.04. The average molecular weight is 276 g/mol. The minimum atomic E-state index is 0.181. The van der Waals surface area contributed by atoms with Gasteiger partial charge >= 0.3 is 0 Å². The molecule has 0 bridgehead atoms. The van der Waals surface area contributed by atoms with E-state index in [1.165, 1.54) is 24.9 Å². The molecule has 20 heavy (non-hydrogen) atoms. The van der Waals surface area contributed by atoms with Gasteiger partial charge in [-0.3, -0.25) is 0 Å². The van der Waals surface area contributed by atoms with E-state index in [0.717, 1.165) is 13.1 Å². The summed E-state index contributed by atoms with van der Waals surface area (Å²) in [6, 6.07) is 11.4. The summed E-state index contributed by atoms with van der Waals surface area (Å²) in [5.41, 5.74) is 1.53. The summed E-state index contributed by atoms with van der Waals surface area (Å²) in [5.74, 6) is 0. The first-order valence-electron chi connectivity index (χ1n) is 8.04. The van der Waals surface area contributed by atoms with Crippen LogP contribution in [0.15, 0.2) is 30.3 Å². The Morgan fingerprint density at radius 2 is 1.75 bits per heavy atom. The quantitative estimate of drug-likeness (QED) is 0.754. The van der Waals surface area contributed by atoms with E-state index in [1.54, 1.807) is 0 Å². The van der Waals surface area contributed by atoms with Gasteiger partial charge in [0.15, 0.2) is 0 Å². The fraction of sp³-hybridized carbons (Fsp3) is 0.667. The van der Waals surface area contributed by atoms with E-state index in [4.69, 9.17) is 0 Å². The number of hydrogen-bond acceptors (Lipinski definition) is 2. The molecule has 0 aliphatic heterocycles. The second-order valence-electron chi connectivity index (χ2n) is 6.58. The highest BCUT2D eigenvalue weighted by Crippen LogP contribution is 2.19. The van der Waals surface area contributed by atoms with E-state index >= 15 is 0 Å². The summed E-state index contributed by atoms with van der Waals surface area (Å²) in [6.45, 7) is 13.4. The minimum Gasteiger partial charge on any atom is -0.367 e. The van der Waals surface area contributed by atoms with Gasteiger partial charge < -0.3 is 10.2 Å². The lowest BCUT2D eigenvalue weighted by atomic mass is 10.1. The van der Waals surface area contributed by atoms with Crippen LogP contribution in [0, 0.1) is 0 Å². The maximum absolute atomic E-state index is 3.66. The zero-order valence-corrected chi connectivity index (χ0v) is 13.9. The van der Waals surface area contributed by atoms with Crippen LogP contribution in [0.25, 0.3) is 0 Å². The Morgan fingerprint density at radius 3 is 2.25 bits per heavy atom. The SMILES string of the molecule is CCCCN(c1ccccc1)C(CC)CNC(C)(C)C. The second kappa shape index (κ2) is 8.31. The second-order valence-corrected chi connectivity index (χ2v) is 6.58. The summed E-state index contributed by atoms with van der Waals surface area (Å²) >= 11 is 0. The fourth-order valence-corrected chi connectivity index (χ4v) is 2.37. The van der Waals surface area contributed by atoms with Crippen LogP contribution >= 0.6 is 0 Å². The van der Waals surface area contributed by atoms with Crippen LogP contribution in [0.4, 0.5) is 5.69 Å². The predicted octanol–water partition coefficient (Wildman–Crippen LogP) is 4.46. The first kappa shape index (κ1) is 17.0. The largest absolute Gasteiger partial charge is 0.367 e. The lowest BCUT2D eigenvalue weighted by Crippen LogP contribution is -2.48. The van der Waals surface area contributed by atoms with Crippen molar-refractivity contribution >= 4 is 5.69 Å². The summed E-state index contributed by atoms with van der Waals surface area (Å²) < 4.78 is 0. The third kappa shape index (κ3) is 5.96. The molecule has 0 amide bonds. The molecule has 2 heteroatoms. The number of anilines is 1. The standard InChI is InChI=1S/C18H32N2/c1-6-8-14-20(17-12-10-9-11-13-17)16(7-2)15-19-18(3,4)5/h9-13,16,19H,6-8,14-15H2,1-5H3. The molecule has 1 atom stereocenters. The third-order valence-corrected chi connectivity index (χ3v) is 3.62. The molecule has 1 unspecified atom stereocenters. The molecule has 1 aromatic rings. The lowest BCUT2D eigenvalue weighted by Gasteiger charge is -2.35. The van der Waals surface area contributed by atoms with E-state index in [-0.39, 0.29) is 5.54 Å². The number of benzene rings is 1. The van der Waals surface area contributed by atoms with Crippen LogP contribution < -0.4 is 10.2 Å². The number of hydrogen-bond donors (Lipinski definition) is 1. The Bertz CT molecular complexity index is 353. The summed E-state index contributed by atoms with van der Waals surface area (Å²) in [6.07, 6.45) is 3.66. The summed E-state index contributed by atoms with van der Waals surface area (Å²) in [4.78, 5) is 2.57. The van der Waals surface area contributed by atoms with Crippen LogP contribution in [0.1, 0.15) is 53.9 Å². The van der Waals surface area contributed by atoms with Crippen molar-refractivity contribution in [3.63, 3.8) is 0 Å². The first-order chi connectivity index (χ1) is 9.48. The predicted molar refractivity (Wildman–Crippen MR) is 90.5 cm³/mol. The molecule has 0 aliphatic rings. The molecule has 0 aromatic heterocycles. The summed E-state index contributed by atoms with van der Waals surface area (Å²) in [5, 5.41) is 3.66. The van der Waals surface area contributed by atoms with Crippen molar-refractivity contribution in [2.45, 2.75) is 65.5 Å². The Balaban J connectivity index is 2.78. The van der Waals surface area contributed by atoms with Crippen LogP contribution in [0.2, 0.25) is 0 Å². The molecule has 0 saturated carbocycles. The number of nitrogens with zero attached hydrogens (tertiary/aromatic N) is 1. The van der Waals surface area contributed by atoms with E-state index < -0.39 is 0 Å². The van der Waals surface area contributed by atoms with Gasteiger partial charge in [0.1, 0.15) is 0 Å². The number of unbranched alkanes of at least 4 members (excludes halogenated alkanes) is 1. The monoisotopic (exact) mass is 276 g/mol. The topological polar surface area (TPSA) is 15.3 Å². The van der Waals surface area contributed by atoms with Crippen LogP contribution in [-0.4, -0.2) is 24.7 Å². The Labute approximate surface area is 125 Å². The Hall–Kier alpha value is -1.02. The molecule has 0 spiro atoms. The van der Waals surface area contributed by atoms with Crippen molar-refractivity contribution in [2.75, 3.05) is 18.0 Å². The van der Waals surface area contributed by atoms with Crippen LogP contribution in [0.5, 0.6) is 0 Å². The fourth-order valence-electron chi connectivity index (χ4n) is 2.37. The van der Waals surface area contributed by atoms with Gasteiger partial charge in [-0.05, 0) is 45.7 Å².